The largest absolute Gasteiger partial charge is 0.497 e. The number of hydrogen-bond acceptors (Lipinski definition) is 6. The lowest BCUT2D eigenvalue weighted by Gasteiger charge is -2.05. The van der Waals surface area contributed by atoms with Gasteiger partial charge in [0.15, 0.2) is 0 Å². The normalized spacial score (nSPS) is 10.8. The van der Waals surface area contributed by atoms with E-state index in [1.807, 2.05) is 69.3 Å². The molecule has 8 heteroatoms. The highest BCUT2D eigenvalue weighted by Crippen LogP contribution is 2.29. The van der Waals surface area contributed by atoms with Gasteiger partial charge in [0.2, 0.25) is 0 Å². The van der Waals surface area contributed by atoms with Gasteiger partial charge in [-0.15, -0.1) is 16.4 Å². The summed E-state index contributed by atoms with van der Waals surface area (Å²) in [5, 5.41) is 12.2. The monoisotopic (exact) mass is 433 g/mol. The second kappa shape index (κ2) is 8.69. The molecule has 0 aliphatic carbocycles. The van der Waals surface area contributed by atoms with E-state index in [1.54, 1.807) is 11.8 Å². The fourth-order valence-corrected chi connectivity index (χ4v) is 4.19. The molecule has 0 radical (unpaired) electrons. The second-order valence-electron chi connectivity index (χ2n) is 7.24. The number of methoxy groups -OCH3 is 1. The number of nitrogens with one attached hydrogen (secondary N) is 1. The molecule has 2 heterocycles. The van der Waals surface area contributed by atoms with Crippen molar-refractivity contribution in [2.24, 2.45) is 0 Å². The van der Waals surface area contributed by atoms with E-state index in [4.69, 9.17) is 4.74 Å². The smallest absolute Gasteiger partial charge is 0.263 e. The summed E-state index contributed by atoms with van der Waals surface area (Å²) in [7, 11) is 1.63. The van der Waals surface area contributed by atoms with Gasteiger partial charge in [0.1, 0.15) is 21.3 Å². The van der Waals surface area contributed by atoms with Gasteiger partial charge in [-0.3, -0.25) is 4.79 Å². The lowest BCUT2D eigenvalue weighted by molar-refractivity contribution is 0.0954. The van der Waals surface area contributed by atoms with Crippen molar-refractivity contribution in [2.75, 3.05) is 7.11 Å². The highest BCUT2D eigenvalue weighted by Gasteiger charge is 2.20. The van der Waals surface area contributed by atoms with E-state index >= 15 is 0 Å². The Bertz CT molecular complexity index is 1210. The van der Waals surface area contributed by atoms with Crippen LogP contribution in [0.5, 0.6) is 5.75 Å². The first-order valence-corrected chi connectivity index (χ1v) is 10.7. The number of carbonyl (C=O) groups excluding carboxylic acids is 1. The van der Waals surface area contributed by atoms with Crippen molar-refractivity contribution < 1.29 is 9.53 Å². The Labute approximate surface area is 184 Å². The number of amides is 1. The first kappa shape index (κ1) is 20.7. The molecule has 7 nitrogen and oxygen atoms in total. The van der Waals surface area contributed by atoms with Crippen molar-refractivity contribution in [3.63, 3.8) is 0 Å². The Kier molecular flexibility index (Phi) is 5.81. The van der Waals surface area contributed by atoms with Crippen molar-refractivity contribution in [3.8, 4) is 22.1 Å². The maximum Gasteiger partial charge on any atom is 0.263 e. The standard InChI is InChI=1S/C23H23N5O2S/c1-14-5-7-17(8-6-14)13-24-22(29)21-15(2)25-23(31-21)20-16(3)28(27-26-20)18-9-11-19(30-4)12-10-18/h5-12H,13H2,1-4H3,(H,24,29). The maximum atomic E-state index is 12.7. The molecule has 0 unspecified atom stereocenters. The number of nitrogens with zero attached hydrogens (tertiary/aromatic N) is 4. The third-order valence-corrected chi connectivity index (χ3v) is 6.15. The molecule has 158 valence electrons. The van der Waals surface area contributed by atoms with Crippen LogP contribution in [0.15, 0.2) is 48.5 Å². The van der Waals surface area contributed by atoms with Crippen molar-refractivity contribution in [2.45, 2.75) is 27.3 Å². The number of hydrogen-bond donors (Lipinski definition) is 1. The SMILES string of the molecule is COc1ccc(-n2nnc(-c3nc(C)c(C(=O)NCc4ccc(C)cc4)s3)c2C)cc1. The molecule has 0 spiro atoms. The minimum absolute atomic E-state index is 0.137. The summed E-state index contributed by atoms with van der Waals surface area (Å²) in [6, 6.07) is 15.7. The first-order valence-electron chi connectivity index (χ1n) is 9.84. The number of thiazole rings is 1. The van der Waals surface area contributed by atoms with Crippen molar-refractivity contribution in [3.05, 3.63) is 75.9 Å². The molecular formula is C23H23N5O2S. The predicted octanol–water partition coefficient (Wildman–Crippen LogP) is 4.25. The zero-order valence-electron chi connectivity index (χ0n) is 17.8. The van der Waals surface area contributed by atoms with Gasteiger partial charge in [-0.25, -0.2) is 9.67 Å². The summed E-state index contributed by atoms with van der Waals surface area (Å²) >= 11 is 1.33. The van der Waals surface area contributed by atoms with Gasteiger partial charge in [-0.05, 0) is 50.6 Å². The second-order valence-corrected chi connectivity index (χ2v) is 8.23. The minimum atomic E-state index is -0.137. The number of carbonyl (C=O) groups is 1. The molecule has 4 rings (SSSR count). The third-order valence-electron chi connectivity index (χ3n) is 4.99. The van der Waals surface area contributed by atoms with Gasteiger partial charge in [-0.2, -0.15) is 0 Å². The van der Waals surface area contributed by atoms with E-state index in [0.29, 0.717) is 27.8 Å². The van der Waals surface area contributed by atoms with Gasteiger partial charge < -0.3 is 10.1 Å². The molecule has 0 atom stereocenters. The molecule has 2 aromatic carbocycles. The van der Waals surface area contributed by atoms with Crippen LogP contribution in [-0.2, 0) is 6.54 Å². The van der Waals surface area contributed by atoms with Gasteiger partial charge in [-0.1, -0.05) is 35.0 Å². The summed E-state index contributed by atoms with van der Waals surface area (Å²) in [5.74, 6) is 0.639. The number of benzene rings is 2. The van der Waals surface area contributed by atoms with Crippen LogP contribution in [0.2, 0.25) is 0 Å². The van der Waals surface area contributed by atoms with E-state index in [2.05, 4.69) is 20.6 Å². The highest BCUT2D eigenvalue weighted by atomic mass is 32.1. The van der Waals surface area contributed by atoms with Crippen LogP contribution in [0.1, 0.15) is 32.2 Å². The number of ether oxygens (including phenoxy) is 1. The highest BCUT2D eigenvalue weighted by molar-refractivity contribution is 7.17. The zero-order chi connectivity index (χ0) is 22.0. The Balaban J connectivity index is 1.53. The van der Waals surface area contributed by atoms with E-state index in [1.165, 1.54) is 16.9 Å². The van der Waals surface area contributed by atoms with Gasteiger partial charge in [0.05, 0.1) is 24.2 Å². The number of aryl methyl sites for hydroxylation is 2. The van der Waals surface area contributed by atoms with Crippen LogP contribution >= 0.6 is 11.3 Å². The maximum absolute atomic E-state index is 12.7. The molecule has 1 N–H and O–H groups in total. The van der Waals surface area contributed by atoms with Gasteiger partial charge >= 0.3 is 0 Å². The summed E-state index contributed by atoms with van der Waals surface area (Å²) in [6.07, 6.45) is 0. The molecule has 31 heavy (non-hydrogen) atoms. The van der Waals surface area contributed by atoms with Crippen LogP contribution in [-0.4, -0.2) is 33.0 Å². The van der Waals surface area contributed by atoms with Gasteiger partial charge in [0, 0.05) is 6.54 Å². The van der Waals surface area contributed by atoms with Crippen molar-refractivity contribution >= 4 is 17.2 Å². The minimum Gasteiger partial charge on any atom is -0.497 e. The summed E-state index contributed by atoms with van der Waals surface area (Å²) < 4.78 is 6.96. The molecule has 2 aromatic heterocycles. The van der Waals surface area contributed by atoms with Crippen LogP contribution < -0.4 is 10.1 Å². The van der Waals surface area contributed by atoms with E-state index < -0.39 is 0 Å². The summed E-state index contributed by atoms with van der Waals surface area (Å²) in [4.78, 5) is 17.9. The van der Waals surface area contributed by atoms with Crippen LogP contribution in [0.3, 0.4) is 0 Å². The average molecular weight is 434 g/mol. The van der Waals surface area contributed by atoms with Crippen LogP contribution in [0, 0.1) is 20.8 Å². The quantitative estimate of drug-likeness (QED) is 0.491. The molecule has 0 fully saturated rings. The van der Waals surface area contributed by atoms with Crippen molar-refractivity contribution in [1.29, 1.82) is 0 Å². The molecule has 0 saturated carbocycles. The van der Waals surface area contributed by atoms with E-state index in [9.17, 15) is 4.79 Å². The van der Waals surface area contributed by atoms with Crippen LogP contribution in [0.25, 0.3) is 16.4 Å². The number of aromatic nitrogens is 4. The Morgan fingerprint density at radius 3 is 2.45 bits per heavy atom. The molecular weight excluding hydrogens is 410 g/mol. The average Bonchev–Trinajstić information content (AvgIpc) is 3.35. The van der Waals surface area contributed by atoms with E-state index in [0.717, 1.165) is 22.7 Å². The van der Waals surface area contributed by atoms with Crippen molar-refractivity contribution in [1.82, 2.24) is 25.3 Å². The van der Waals surface area contributed by atoms with Gasteiger partial charge in [0.25, 0.3) is 5.91 Å². The molecule has 0 bridgehead atoms. The first-order chi connectivity index (χ1) is 15.0. The number of rotatable bonds is 6. The molecule has 1 amide bonds. The Hall–Kier alpha value is -3.52. The summed E-state index contributed by atoms with van der Waals surface area (Å²) in [5.41, 5.74) is 5.32. The zero-order valence-corrected chi connectivity index (χ0v) is 18.7. The molecule has 4 aromatic rings. The molecule has 0 saturated heterocycles. The predicted molar refractivity (Wildman–Crippen MR) is 121 cm³/mol. The Morgan fingerprint density at radius 1 is 1.06 bits per heavy atom. The lowest BCUT2D eigenvalue weighted by atomic mass is 10.1. The third kappa shape index (κ3) is 4.34. The Morgan fingerprint density at radius 2 is 1.77 bits per heavy atom. The van der Waals surface area contributed by atoms with E-state index in [-0.39, 0.29) is 5.91 Å². The topological polar surface area (TPSA) is 81.9 Å². The fourth-order valence-electron chi connectivity index (χ4n) is 3.17. The van der Waals surface area contributed by atoms with Crippen LogP contribution in [0.4, 0.5) is 0 Å². The lowest BCUT2D eigenvalue weighted by Crippen LogP contribution is -2.22. The fraction of sp³-hybridized carbons (Fsp3) is 0.217. The molecule has 0 aliphatic rings. The molecule has 0 aliphatic heterocycles. The summed E-state index contributed by atoms with van der Waals surface area (Å²) in [6.45, 7) is 6.29.